The number of thiophene rings is 1. The monoisotopic (exact) mass is 536 g/mol. The lowest BCUT2D eigenvalue weighted by Crippen LogP contribution is -2.25. The second kappa shape index (κ2) is 9.35. The summed E-state index contributed by atoms with van der Waals surface area (Å²) in [6.45, 7) is 6.18. The van der Waals surface area contributed by atoms with Crippen LogP contribution in [-0.2, 0) is 9.53 Å². The van der Waals surface area contributed by atoms with Crippen LogP contribution in [0.4, 0.5) is 0 Å². The average Bonchev–Trinajstić information content (AvgIpc) is 3.49. The summed E-state index contributed by atoms with van der Waals surface area (Å²) in [6, 6.07) is 15.2. The van der Waals surface area contributed by atoms with Crippen molar-refractivity contribution in [3.63, 3.8) is 0 Å². The molecule has 1 saturated carbocycles. The number of hydrogen-bond donors (Lipinski definition) is 0. The second-order valence-corrected chi connectivity index (χ2v) is 11.3. The molecule has 1 aliphatic rings. The lowest BCUT2D eigenvalue weighted by Gasteiger charge is -2.21. The van der Waals surface area contributed by atoms with E-state index in [1.807, 2.05) is 11.3 Å². The number of carbonyl (C=O) groups is 1. The van der Waals surface area contributed by atoms with Crippen LogP contribution in [0.3, 0.4) is 0 Å². The molecule has 176 valence electrons. The zero-order valence-corrected chi connectivity index (χ0v) is 22.4. The maximum Gasteiger partial charge on any atom is 0.346 e. The summed E-state index contributed by atoms with van der Waals surface area (Å²) in [7, 11) is 1.40. The minimum absolute atomic E-state index is 0.355. The van der Waals surface area contributed by atoms with Crippen molar-refractivity contribution in [3.05, 3.63) is 62.9 Å². The Morgan fingerprint density at radius 2 is 1.79 bits per heavy atom. The number of methoxy groups -OCH3 is 1. The summed E-state index contributed by atoms with van der Waals surface area (Å²) in [5.41, 5.74) is 5.02. The first-order chi connectivity index (χ1) is 16.4. The molecule has 0 amide bonds. The fraction of sp³-hybridized carbons (Fsp3) is 0.345. The van der Waals surface area contributed by atoms with Crippen LogP contribution in [0.5, 0.6) is 5.75 Å². The van der Waals surface area contributed by atoms with E-state index in [0.29, 0.717) is 5.92 Å². The molecular formula is C29H29BrO3S. The smallest absolute Gasteiger partial charge is 0.346 e. The van der Waals surface area contributed by atoms with Crippen molar-refractivity contribution in [2.75, 3.05) is 7.11 Å². The molecule has 5 rings (SSSR count). The molecule has 0 N–H and O–H groups in total. The zero-order valence-electron chi connectivity index (χ0n) is 20.0. The van der Waals surface area contributed by atoms with Crippen molar-refractivity contribution >= 4 is 54.1 Å². The van der Waals surface area contributed by atoms with Crippen LogP contribution in [0.2, 0.25) is 0 Å². The van der Waals surface area contributed by atoms with Crippen LogP contribution in [-0.4, -0.2) is 19.2 Å². The average molecular weight is 538 g/mol. The molecule has 3 nitrogen and oxygen atoms in total. The quantitative estimate of drug-likeness (QED) is 0.239. The number of aryl methyl sites for hydroxylation is 2. The number of rotatable bonds is 5. The van der Waals surface area contributed by atoms with Crippen LogP contribution < -0.4 is 4.74 Å². The van der Waals surface area contributed by atoms with E-state index in [4.69, 9.17) is 9.47 Å². The number of esters is 1. The Balaban J connectivity index is 1.75. The van der Waals surface area contributed by atoms with Crippen LogP contribution in [0.1, 0.15) is 54.5 Å². The summed E-state index contributed by atoms with van der Waals surface area (Å²) >= 11 is 5.76. The predicted octanol–water partition coefficient (Wildman–Crippen LogP) is 8.70. The molecule has 0 aliphatic heterocycles. The van der Waals surface area contributed by atoms with Gasteiger partial charge in [-0.1, -0.05) is 43.2 Å². The number of fused-ring (bicyclic) bond motifs is 2. The van der Waals surface area contributed by atoms with Crippen LogP contribution in [0, 0.1) is 13.8 Å². The molecule has 1 atom stereocenters. The summed E-state index contributed by atoms with van der Waals surface area (Å²) in [5.74, 6) is 0.887. The number of hydrogen-bond acceptors (Lipinski definition) is 4. The highest BCUT2D eigenvalue weighted by Gasteiger charge is 2.25. The molecule has 1 heterocycles. The van der Waals surface area contributed by atoms with Crippen molar-refractivity contribution in [1.82, 2.24) is 0 Å². The first-order valence-electron chi connectivity index (χ1n) is 11.9. The molecule has 1 fully saturated rings. The van der Waals surface area contributed by atoms with Gasteiger partial charge in [-0.25, -0.2) is 4.79 Å². The van der Waals surface area contributed by atoms with Crippen molar-refractivity contribution in [2.45, 2.75) is 58.5 Å². The van der Waals surface area contributed by atoms with Gasteiger partial charge in [-0.2, -0.15) is 0 Å². The fourth-order valence-electron chi connectivity index (χ4n) is 5.30. The lowest BCUT2D eigenvalue weighted by molar-refractivity contribution is -0.147. The highest BCUT2D eigenvalue weighted by Crippen LogP contribution is 2.48. The molecule has 0 bridgehead atoms. The largest absolute Gasteiger partial charge is 0.479 e. The number of benzene rings is 3. The van der Waals surface area contributed by atoms with E-state index in [2.05, 4.69) is 72.2 Å². The maximum atomic E-state index is 12.1. The van der Waals surface area contributed by atoms with Crippen molar-refractivity contribution in [1.29, 1.82) is 0 Å². The first kappa shape index (κ1) is 23.4. The molecule has 34 heavy (non-hydrogen) atoms. The van der Waals surface area contributed by atoms with E-state index < -0.39 is 6.10 Å². The van der Waals surface area contributed by atoms with E-state index in [-0.39, 0.29) is 5.97 Å². The van der Waals surface area contributed by atoms with Gasteiger partial charge >= 0.3 is 5.97 Å². The number of ether oxygens (including phenoxy) is 2. The molecule has 4 aromatic rings. The molecule has 0 radical (unpaired) electrons. The van der Waals surface area contributed by atoms with Crippen molar-refractivity contribution in [3.8, 4) is 16.9 Å². The van der Waals surface area contributed by atoms with Crippen molar-refractivity contribution in [2.24, 2.45) is 0 Å². The van der Waals surface area contributed by atoms with Crippen LogP contribution in [0.25, 0.3) is 32.0 Å². The van der Waals surface area contributed by atoms with Crippen LogP contribution >= 0.6 is 27.3 Å². The Bertz CT molecular complexity index is 1400. The Morgan fingerprint density at radius 1 is 1.09 bits per heavy atom. The SMILES string of the molecule is COC(=O)[C@@H](C)Oc1ccc(-c2c3ccccc3c(Br)c3sc(C)c(C)c23)cc1C1CCCC1. The molecule has 0 unspecified atom stereocenters. The Labute approximate surface area is 213 Å². The van der Waals surface area contributed by atoms with E-state index in [1.165, 1.54) is 72.4 Å². The third-order valence-electron chi connectivity index (χ3n) is 7.20. The Kier molecular flexibility index (Phi) is 6.43. The van der Waals surface area contributed by atoms with E-state index >= 15 is 0 Å². The summed E-state index contributed by atoms with van der Waals surface area (Å²) in [6.07, 6.45) is 4.13. The number of halogens is 1. The standard InChI is InChI=1S/C29H29BrO3S/c1-16-18(3)34-28-25(16)26(21-11-7-8-12-22(21)27(28)30)20-13-14-24(33-17(2)29(31)32-4)23(15-20)19-9-5-6-10-19/h7-8,11-15,17,19H,5-6,9-10H2,1-4H3/t17-/m1/s1. The van der Waals surface area contributed by atoms with Gasteiger partial charge in [0, 0.05) is 14.7 Å². The third kappa shape index (κ3) is 3.93. The summed E-state index contributed by atoms with van der Waals surface area (Å²) in [5, 5.41) is 3.80. The summed E-state index contributed by atoms with van der Waals surface area (Å²) < 4.78 is 13.5. The Morgan fingerprint density at radius 3 is 2.50 bits per heavy atom. The predicted molar refractivity (Wildman–Crippen MR) is 145 cm³/mol. The third-order valence-corrected chi connectivity index (χ3v) is 9.51. The number of carbonyl (C=O) groups excluding carboxylic acids is 1. The molecule has 1 aliphatic carbocycles. The molecule has 3 aromatic carbocycles. The highest BCUT2D eigenvalue weighted by molar-refractivity contribution is 9.11. The lowest BCUT2D eigenvalue weighted by atomic mass is 9.89. The van der Waals surface area contributed by atoms with Gasteiger partial charge in [-0.15, -0.1) is 11.3 Å². The minimum atomic E-state index is -0.641. The normalized spacial score (nSPS) is 15.2. The fourth-order valence-corrected chi connectivity index (χ4v) is 7.21. The van der Waals surface area contributed by atoms with Gasteiger partial charge in [0.15, 0.2) is 6.10 Å². The first-order valence-corrected chi connectivity index (χ1v) is 13.5. The maximum absolute atomic E-state index is 12.1. The molecule has 0 spiro atoms. The zero-order chi connectivity index (χ0) is 24.0. The Hall–Kier alpha value is -2.37. The van der Waals surface area contributed by atoms with Crippen molar-refractivity contribution < 1.29 is 14.3 Å². The van der Waals surface area contributed by atoms with Gasteiger partial charge in [0.1, 0.15) is 5.75 Å². The summed E-state index contributed by atoms with van der Waals surface area (Å²) in [4.78, 5) is 13.4. The molecule has 0 saturated heterocycles. The topological polar surface area (TPSA) is 35.5 Å². The van der Waals surface area contributed by atoms with E-state index in [9.17, 15) is 4.79 Å². The highest BCUT2D eigenvalue weighted by atomic mass is 79.9. The minimum Gasteiger partial charge on any atom is -0.479 e. The second-order valence-electron chi connectivity index (χ2n) is 9.24. The van der Waals surface area contributed by atoms with E-state index in [0.717, 1.165) is 18.6 Å². The molecule has 5 heteroatoms. The molecule has 1 aromatic heterocycles. The van der Waals surface area contributed by atoms with Gasteiger partial charge in [0.25, 0.3) is 0 Å². The van der Waals surface area contributed by atoms with Crippen LogP contribution in [0.15, 0.2) is 46.9 Å². The van der Waals surface area contributed by atoms with Gasteiger partial charge in [-0.05, 0) is 101 Å². The molecular weight excluding hydrogens is 508 g/mol. The van der Waals surface area contributed by atoms with Gasteiger partial charge in [0.2, 0.25) is 0 Å². The van der Waals surface area contributed by atoms with Gasteiger partial charge in [0.05, 0.1) is 11.8 Å². The van der Waals surface area contributed by atoms with Gasteiger partial charge in [-0.3, -0.25) is 0 Å². The van der Waals surface area contributed by atoms with Gasteiger partial charge < -0.3 is 9.47 Å². The van der Waals surface area contributed by atoms with E-state index in [1.54, 1.807) is 6.92 Å².